The summed E-state index contributed by atoms with van der Waals surface area (Å²) in [6, 6.07) is 9.68. The number of imidazole rings is 1. The Balaban J connectivity index is 1.48. The number of aromatic nitrogens is 3. The zero-order chi connectivity index (χ0) is 18.8. The fourth-order valence-electron chi connectivity index (χ4n) is 3.40. The molecular formula is C20H21N5O2. The van der Waals surface area contributed by atoms with Gasteiger partial charge in [-0.25, -0.2) is 4.98 Å². The van der Waals surface area contributed by atoms with Gasteiger partial charge in [-0.2, -0.15) is 0 Å². The maximum absolute atomic E-state index is 12.9. The molecule has 1 aromatic carbocycles. The second-order valence-corrected chi connectivity index (χ2v) is 6.72. The molecule has 0 aliphatic carbocycles. The van der Waals surface area contributed by atoms with Crippen molar-refractivity contribution in [3.8, 4) is 0 Å². The quantitative estimate of drug-likeness (QED) is 0.698. The number of pyridine rings is 1. The van der Waals surface area contributed by atoms with E-state index in [1.807, 2.05) is 30.3 Å². The normalized spacial score (nSPS) is 15.0. The fraction of sp³-hybridized carbons (Fsp3) is 0.300. The molecule has 0 bridgehead atoms. The zero-order valence-corrected chi connectivity index (χ0v) is 15.2. The molecule has 0 unspecified atom stereocenters. The standard InChI is InChI=1S/C20H21N5O2/c1-23-10-7-21-18(23)20(27)25-9-4-8-24(11-12-25)19(26)17-13-15-5-2-3-6-16(15)14-22-17/h2-3,5-7,10,13-14H,4,8-9,11-12H2,1H3. The summed E-state index contributed by atoms with van der Waals surface area (Å²) in [4.78, 5) is 37.6. The SMILES string of the molecule is Cn1ccnc1C(=O)N1CCCN(C(=O)c2cc3ccccc3cn2)CC1. The Kier molecular flexibility index (Phi) is 4.58. The van der Waals surface area contributed by atoms with Crippen LogP contribution >= 0.6 is 0 Å². The van der Waals surface area contributed by atoms with E-state index in [0.717, 1.165) is 17.2 Å². The van der Waals surface area contributed by atoms with Gasteiger partial charge < -0.3 is 14.4 Å². The lowest BCUT2D eigenvalue weighted by Crippen LogP contribution is -2.38. The largest absolute Gasteiger partial charge is 0.335 e. The minimum Gasteiger partial charge on any atom is -0.335 e. The minimum absolute atomic E-state index is 0.0907. The molecule has 0 N–H and O–H groups in total. The maximum atomic E-state index is 12.9. The van der Waals surface area contributed by atoms with Crippen molar-refractivity contribution in [3.05, 3.63) is 60.4 Å². The molecule has 1 aliphatic heterocycles. The molecule has 1 saturated heterocycles. The molecule has 3 heterocycles. The number of amides is 2. The predicted octanol–water partition coefficient (Wildman–Crippen LogP) is 1.96. The van der Waals surface area contributed by atoms with Crippen LogP contribution in [0.1, 0.15) is 27.5 Å². The average Bonchev–Trinajstić information content (AvgIpc) is 2.98. The molecule has 0 radical (unpaired) electrons. The highest BCUT2D eigenvalue weighted by Crippen LogP contribution is 2.16. The Hall–Kier alpha value is -3.22. The summed E-state index contributed by atoms with van der Waals surface area (Å²) >= 11 is 0. The van der Waals surface area contributed by atoms with Gasteiger partial charge >= 0.3 is 0 Å². The molecule has 7 nitrogen and oxygen atoms in total. The monoisotopic (exact) mass is 363 g/mol. The van der Waals surface area contributed by atoms with Gasteiger partial charge in [0, 0.05) is 57.2 Å². The summed E-state index contributed by atoms with van der Waals surface area (Å²) in [6.07, 6.45) is 5.84. The molecule has 3 aromatic rings. The van der Waals surface area contributed by atoms with Crippen molar-refractivity contribution in [2.45, 2.75) is 6.42 Å². The molecule has 2 amide bonds. The van der Waals surface area contributed by atoms with Crippen LogP contribution < -0.4 is 0 Å². The first-order valence-corrected chi connectivity index (χ1v) is 9.04. The highest BCUT2D eigenvalue weighted by atomic mass is 16.2. The van der Waals surface area contributed by atoms with Crippen molar-refractivity contribution < 1.29 is 9.59 Å². The van der Waals surface area contributed by atoms with E-state index in [0.29, 0.717) is 37.7 Å². The average molecular weight is 363 g/mol. The van der Waals surface area contributed by atoms with Gasteiger partial charge in [0.1, 0.15) is 5.69 Å². The van der Waals surface area contributed by atoms with Crippen molar-refractivity contribution in [2.24, 2.45) is 7.05 Å². The molecule has 2 aromatic heterocycles. The number of hydrogen-bond acceptors (Lipinski definition) is 4. The lowest BCUT2D eigenvalue weighted by molar-refractivity contribution is 0.0707. The van der Waals surface area contributed by atoms with E-state index in [-0.39, 0.29) is 11.8 Å². The molecule has 0 saturated carbocycles. The number of aryl methyl sites for hydroxylation is 1. The van der Waals surface area contributed by atoms with E-state index >= 15 is 0 Å². The van der Waals surface area contributed by atoms with Crippen LogP contribution in [0.4, 0.5) is 0 Å². The summed E-state index contributed by atoms with van der Waals surface area (Å²) in [5, 5.41) is 2.01. The minimum atomic E-state index is -0.0966. The van der Waals surface area contributed by atoms with Crippen LogP contribution in [0.3, 0.4) is 0 Å². The van der Waals surface area contributed by atoms with Crippen molar-refractivity contribution in [3.63, 3.8) is 0 Å². The molecule has 27 heavy (non-hydrogen) atoms. The van der Waals surface area contributed by atoms with E-state index in [2.05, 4.69) is 9.97 Å². The molecular weight excluding hydrogens is 342 g/mol. The van der Waals surface area contributed by atoms with Crippen LogP contribution in [0.25, 0.3) is 10.8 Å². The molecule has 138 valence electrons. The van der Waals surface area contributed by atoms with Gasteiger partial charge in [0.15, 0.2) is 5.82 Å². The number of carbonyl (C=O) groups excluding carboxylic acids is 2. The van der Waals surface area contributed by atoms with Crippen LogP contribution in [-0.2, 0) is 7.05 Å². The third-order valence-corrected chi connectivity index (χ3v) is 4.93. The third-order valence-electron chi connectivity index (χ3n) is 4.93. The van der Waals surface area contributed by atoms with E-state index < -0.39 is 0 Å². The van der Waals surface area contributed by atoms with Gasteiger partial charge in [-0.15, -0.1) is 0 Å². The van der Waals surface area contributed by atoms with E-state index in [9.17, 15) is 9.59 Å². The summed E-state index contributed by atoms with van der Waals surface area (Å²) in [6.45, 7) is 2.20. The van der Waals surface area contributed by atoms with E-state index in [1.165, 1.54) is 0 Å². The van der Waals surface area contributed by atoms with Gasteiger partial charge in [-0.1, -0.05) is 24.3 Å². The van der Waals surface area contributed by atoms with Crippen LogP contribution in [0, 0.1) is 0 Å². The van der Waals surface area contributed by atoms with E-state index in [4.69, 9.17) is 0 Å². The fourth-order valence-corrected chi connectivity index (χ4v) is 3.40. The zero-order valence-electron chi connectivity index (χ0n) is 15.2. The Bertz CT molecular complexity index is 997. The third kappa shape index (κ3) is 3.40. The first-order chi connectivity index (χ1) is 13.1. The number of carbonyl (C=O) groups is 2. The maximum Gasteiger partial charge on any atom is 0.289 e. The number of nitrogens with zero attached hydrogens (tertiary/aromatic N) is 5. The molecule has 7 heteroatoms. The van der Waals surface area contributed by atoms with Crippen LogP contribution in [0.15, 0.2) is 48.9 Å². The van der Waals surface area contributed by atoms with Crippen molar-refractivity contribution in [2.75, 3.05) is 26.2 Å². The smallest absolute Gasteiger partial charge is 0.289 e. The van der Waals surface area contributed by atoms with Gasteiger partial charge in [0.2, 0.25) is 0 Å². The summed E-state index contributed by atoms with van der Waals surface area (Å²) < 4.78 is 1.72. The summed E-state index contributed by atoms with van der Waals surface area (Å²) in [7, 11) is 1.80. The lowest BCUT2D eigenvalue weighted by Gasteiger charge is -2.22. The van der Waals surface area contributed by atoms with Crippen molar-refractivity contribution in [1.82, 2.24) is 24.3 Å². The Morgan fingerprint density at radius 2 is 1.63 bits per heavy atom. The van der Waals surface area contributed by atoms with Crippen molar-refractivity contribution in [1.29, 1.82) is 0 Å². The van der Waals surface area contributed by atoms with Gasteiger partial charge in [-0.05, 0) is 17.9 Å². The second-order valence-electron chi connectivity index (χ2n) is 6.72. The predicted molar refractivity (Wildman–Crippen MR) is 101 cm³/mol. The van der Waals surface area contributed by atoms with Crippen molar-refractivity contribution >= 4 is 22.6 Å². The number of benzene rings is 1. The Labute approximate surface area is 157 Å². The summed E-state index contributed by atoms with van der Waals surface area (Å²) in [5.74, 6) is 0.235. The molecule has 4 rings (SSSR count). The number of rotatable bonds is 2. The highest BCUT2D eigenvalue weighted by Gasteiger charge is 2.25. The molecule has 0 spiro atoms. The van der Waals surface area contributed by atoms with E-state index in [1.54, 1.807) is 40.0 Å². The number of hydrogen-bond donors (Lipinski definition) is 0. The molecule has 0 atom stereocenters. The van der Waals surface area contributed by atoms with Crippen LogP contribution in [-0.4, -0.2) is 62.3 Å². The topological polar surface area (TPSA) is 71.3 Å². The van der Waals surface area contributed by atoms with Crippen LogP contribution in [0.2, 0.25) is 0 Å². The lowest BCUT2D eigenvalue weighted by atomic mass is 10.1. The molecule has 1 fully saturated rings. The number of fused-ring (bicyclic) bond motifs is 1. The van der Waals surface area contributed by atoms with Gasteiger partial charge in [0.05, 0.1) is 0 Å². The highest BCUT2D eigenvalue weighted by molar-refractivity contribution is 5.96. The van der Waals surface area contributed by atoms with Gasteiger partial charge in [0.25, 0.3) is 11.8 Å². The Morgan fingerprint density at radius 3 is 2.33 bits per heavy atom. The molecule has 1 aliphatic rings. The van der Waals surface area contributed by atoms with Gasteiger partial charge in [-0.3, -0.25) is 14.6 Å². The first-order valence-electron chi connectivity index (χ1n) is 9.04. The summed E-state index contributed by atoms with van der Waals surface area (Å²) in [5.41, 5.74) is 0.442. The second kappa shape index (κ2) is 7.19. The first kappa shape index (κ1) is 17.2. The van der Waals surface area contributed by atoms with Crippen LogP contribution in [0.5, 0.6) is 0 Å². The Morgan fingerprint density at radius 1 is 0.926 bits per heavy atom.